The minimum Gasteiger partial charge on any atom is -0.391 e. The van der Waals surface area contributed by atoms with Gasteiger partial charge in [-0.25, -0.2) is 4.98 Å². The maximum Gasteiger partial charge on any atom is 0.182 e. The Labute approximate surface area is 89.2 Å². The molecule has 0 fully saturated rings. The van der Waals surface area contributed by atoms with Crippen LogP contribution in [0.1, 0.15) is 25.6 Å². The molecule has 0 bridgehead atoms. The van der Waals surface area contributed by atoms with Gasteiger partial charge in [0.1, 0.15) is 0 Å². The first-order valence-corrected chi connectivity index (χ1v) is 5.55. The Kier molecular flexibility index (Phi) is 3.50. The minimum absolute atomic E-state index is 0.0840. The summed E-state index contributed by atoms with van der Waals surface area (Å²) in [7, 11) is 0. The first-order valence-electron chi connectivity index (χ1n) is 4.74. The van der Waals surface area contributed by atoms with Gasteiger partial charge in [0, 0.05) is 17.6 Å². The first-order chi connectivity index (χ1) is 6.39. The molecule has 0 saturated heterocycles. The molecule has 0 radical (unpaired) electrons. The van der Waals surface area contributed by atoms with E-state index < -0.39 is 0 Å². The largest absolute Gasteiger partial charge is 0.391 e. The smallest absolute Gasteiger partial charge is 0.182 e. The third-order valence-corrected chi connectivity index (χ3v) is 2.94. The monoisotopic (exact) mass is 214 g/mol. The average molecular weight is 214 g/mol. The molecule has 0 aromatic carbocycles. The predicted octanol–water partition coefficient (Wildman–Crippen LogP) is 2.27. The molecule has 0 aliphatic rings. The van der Waals surface area contributed by atoms with Gasteiger partial charge in [-0.15, -0.1) is 11.3 Å². The Hall–Kier alpha value is -0.610. The zero-order valence-corrected chi connectivity index (χ0v) is 9.98. The Balaban J connectivity index is 2.41. The lowest BCUT2D eigenvalue weighted by molar-refractivity contribution is 0.0746. The number of aryl methyl sites for hydroxylation is 1. The molecule has 1 aromatic heterocycles. The van der Waals surface area contributed by atoms with Crippen LogP contribution in [0.25, 0.3) is 0 Å². The molecule has 80 valence electrons. The van der Waals surface area contributed by atoms with E-state index in [0.29, 0.717) is 6.54 Å². The van der Waals surface area contributed by atoms with Crippen molar-refractivity contribution in [2.24, 2.45) is 5.41 Å². The quantitative estimate of drug-likeness (QED) is 0.811. The zero-order chi connectivity index (χ0) is 10.8. The Morgan fingerprint density at radius 1 is 1.57 bits per heavy atom. The van der Waals surface area contributed by atoms with Crippen LogP contribution in [-0.2, 0) is 0 Å². The average Bonchev–Trinajstić information content (AvgIpc) is 2.45. The van der Waals surface area contributed by atoms with Crippen LogP contribution < -0.4 is 5.32 Å². The fourth-order valence-corrected chi connectivity index (χ4v) is 1.60. The summed E-state index contributed by atoms with van der Waals surface area (Å²) in [5.74, 6) is 0. The molecule has 0 spiro atoms. The van der Waals surface area contributed by atoms with Crippen LogP contribution in [0, 0.1) is 12.3 Å². The highest BCUT2D eigenvalue weighted by atomic mass is 32.1. The van der Waals surface area contributed by atoms with Crippen molar-refractivity contribution in [2.45, 2.75) is 33.8 Å². The predicted molar refractivity (Wildman–Crippen MR) is 60.8 cm³/mol. The summed E-state index contributed by atoms with van der Waals surface area (Å²) in [5, 5.41) is 13.8. The second kappa shape index (κ2) is 4.28. The molecule has 1 aromatic rings. The van der Waals surface area contributed by atoms with E-state index in [0.717, 1.165) is 5.13 Å². The number of hydrogen-bond donors (Lipinski definition) is 2. The van der Waals surface area contributed by atoms with E-state index in [2.05, 4.69) is 10.3 Å². The molecule has 0 aliphatic carbocycles. The van der Waals surface area contributed by atoms with Gasteiger partial charge in [0.25, 0.3) is 0 Å². The van der Waals surface area contributed by atoms with Gasteiger partial charge in [0.05, 0.1) is 6.10 Å². The van der Waals surface area contributed by atoms with Crippen LogP contribution in [-0.4, -0.2) is 22.7 Å². The number of aliphatic hydroxyl groups excluding tert-OH is 1. The molecule has 0 saturated carbocycles. The van der Waals surface area contributed by atoms with Crippen molar-refractivity contribution in [3.63, 3.8) is 0 Å². The molecule has 0 aliphatic heterocycles. The summed E-state index contributed by atoms with van der Waals surface area (Å²) in [6, 6.07) is 0. The summed E-state index contributed by atoms with van der Waals surface area (Å²) in [6.07, 6.45) is 1.47. The van der Waals surface area contributed by atoms with Crippen molar-refractivity contribution in [1.82, 2.24) is 4.98 Å². The van der Waals surface area contributed by atoms with Crippen LogP contribution in [0.4, 0.5) is 5.13 Å². The zero-order valence-electron chi connectivity index (χ0n) is 9.16. The Bertz CT molecular complexity index is 291. The lowest BCUT2D eigenvalue weighted by Gasteiger charge is -2.25. The summed E-state index contributed by atoms with van der Waals surface area (Å²) in [5.41, 5.74) is -0.0840. The maximum atomic E-state index is 9.77. The van der Waals surface area contributed by atoms with E-state index in [4.69, 9.17) is 0 Å². The van der Waals surface area contributed by atoms with Crippen LogP contribution in [0.2, 0.25) is 0 Å². The number of rotatable bonds is 3. The number of hydrogen-bond acceptors (Lipinski definition) is 4. The lowest BCUT2D eigenvalue weighted by atomic mass is 9.89. The highest BCUT2D eigenvalue weighted by Crippen LogP contribution is 2.21. The lowest BCUT2D eigenvalue weighted by Crippen LogP contribution is -2.32. The van der Waals surface area contributed by atoms with Crippen LogP contribution in [0.5, 0.6) is 0 Å². The summed E-state index contributed by atoms with van der Waals surface area (Å²) in [4.78, 5) is 5.34. The van der Waals surface area contributed by atoms with Gasteiger partial charge in [-0.2, -0.15) is 0 Å². The number of aliphatic hydroxyl groups is 1. The van der Waals surface area contributed by atoms with Gasteiger partial charge in [0.15, 0.2) is 5.13 Å². The fraction of sp³-hybridized carbons (Fsp3) is 0.700. The minimum atomic E-state index is -0.355. The second-order valence-corrected chi connectivity index (χ2v) is 5.77. The standard InChI is InChI=1S/C10H18N2OS/c1-7-5-11-9(14-7)12-6-8(13)10(2,3)4/h5,8,13H,6H2,1-4H3,(H,11,12). The number of anilines is 1. The number of nitrogens with zero attached hydrogens (tertiary/aromatic N) is 1. The third kappa shape index (κ3) is 3.27. The molecule has 14 heavy (non-hydrogen) atoms. The first kappa shape index (κ1) is 11.5. The molecule has 1 rings (SSSR count). The van der Waals surface area contributed by atoms with Gasteiger partial charge in [-0.1, -0.05) is 20.8 Å². The summed E-state index contributed by atoms with van der Waals surface area (Å²) < 4.78 is 0. The normalized spacial score (nSPS) is 14.1. The van der Waals surface area contributed by atoms with Crippen LogP contribution in [0.3, 0.4) is 0 Å². The summed E-state index contributed by atoms with van der Waals surface area (Å²) >= 11 is 1.61. The van der Waals surface area contributed by atoms with Gasteiger partial charge in [-0.05, 0) is 12.3 Å². The SMILES string of the molecule is Cc1cnc(NCC(O)C(C)(C)C)s1. The van der Waals surface area contributed by atoms with E-state index in [1.807, 2.05) is 33.9 Å². The maximum absolute atomic E-state index is 9.77. The van der Waals surface area contributed by atoms with Crippen molar-refractivity contribution in [2.75, 3.05) is 11.9 Å². The van der Waals surface area contributed by atoms with Crippen molar-refractivity contribution in [3.8, 4) is 0 Å². The van der Waals surface area contributed by atoms with Crippen molar-refractivity contribution in [1.29, 1.82) is 0 Å². The van der Waals surface area contributed by atoms with E-state index in [1.54, 1.807) is 11.3 Å². The Morgan fingerprint density at radius 3 is 2.64 bits per heavy atom. The molecule has 2 N–H and O–H groups in total. The molecule has 4 heteroatoms. The molecule has 1 unspecified atom stereocenters. The van der Waals surface area contributed by atoms with Crippen LogP contribution >= 0.6 is 11.3 Å². The van der Waals surface area contributed by atoms with E-state index in [1.165, 1.54) is 4.88 Å². The number of aromatic nitrogens is 1. The Morgan fingerprint density at radius 2 is 2.21 bits per heavy atom. The van der Waals surface area contributed by atoms with E-state index in [9.17, 15) is 5.11 Å². The van der Waals surface area contributed by atoms with E-state index in [-0.39, 0.29) is 11.5 Å². The highest BCUT2D eigenvalue weighted by Gasteiger charge is 2.21. The molecular weight excluding hydrogens is 196 g/mol. The highest BCUT2D eigenvalue weighted by molar-refractivity contribution is 7.15. The van der Waals surface area contributed by atoms with Crippen molar-refractivity contribution < 1.29 is 5.11 Å². The van der Waals surface area contributed by atoms with Gasteiger partial charge < -0.3 is 10.4 Å². The van der Waals surface area contributed by atoms with Crippen LogP contribution in [0.15, 0.2) is 6.20 Å². The van der Waals surface area contributed by atoms with Gasteiger partial charge in [-0.3, -0.25) is 0 Å². The number of thiazole rings is 1. The third-order valence-electron chi connectivity index (χ3n) is 2.07. The van der Waals surface area contributed by atoms with Crippen molar-refractivity contribution >= 4 is 16.5 Å². The molecular formula is C10H18N2OS. The fourth-order valence-electron chi connectivity index (χ4n) is 0.927. The molecule has 1 atom stereocenters. The summed E-state index contributed by atoms with van der Waals surface area (Å²) in [6.45, 7) is 8.63. The van der Waals surface area contributed by atoms with E-state index >= 15 is 0 Å². The second-order valence-electron chi connectivity index (χ2n) is 4.54. The molecule has 0 amide bonds. The topological polar surface area (TPSA) is 45.2 Å². The molecule has 1 heterocycles. The van der Waals surface area contributed by atoms with Gasteiger partial charge in [0.2, 0.25) is 0 Å². The number of nitrogens with one attached hydrogen (secondary N) is 1. The van der Waals surface area contributed by atoms with Gasteiger partial charge >= 0.3 is 0 Å². The molecule has 3 nitrogen and oxygen atoms in total. The van der Waals surface area contributed by atoms with Crippen molar-refractivity contribution in [3.05, 3.63) is 11.1 Å².